The lowest BCUT2D eigenvalue weighted by Gasteiger charge is -2.15. The monoisotopic (exact) mass is 346 g/mol. The summed E-state index contributed by atoms with van der Waals surface area (Å²) in [6.07, 6.45) is 0. The average molecular weight is 347 g/mol. The topological polar surface area (TPSA) is 46.4 Å². The third-order valence-corrected chi connectivity index (χ3v) is 5.69. The second-order valence-corrected chi connectivity index (χ2v) is 7.79. The summed E-state index contributed by atoms with van der Waals surface area (Å²) in [5, 5.41) is 6.16. The molecule has 2 N–H and O–H groups in total. The highest BCUT2D eigenvalue weighted by molar-refractivity contribution is 7.18. The Kier molecular flexibility index (Phi) is 5.05. The minimum absolute atomic E-state index is 0.0674. The van der Waals surface area contributed by atoms with E-state index in [-0.39, 0.29) is 11.9 Å². The largest absolute Gasteiger partial charge is 0.344 e. The van der Waals surface area contributed by atoms with Crippen LogP contribution in [0.15, 0.2) is 41.8 Å². The predicted octanol–water partition coefficient (Wildman–Crippen LogP) is 2.25. The standard InChI is InChI=1S/C17H19N3OS2/c1-12(14-8-5-9-22-14)18-16(21)10-20(2)11-17-19-13-6-3-4-7-15(13)23-17/h3-9,12H,10-11H2,1-2H3,(H,18,21)/p+1/t12-/m0/s1. The number of nitrogens with zero attached hydrogens (tertiary/aromatic N) is 1. The van der Waals surface area contributed by atoms with Crippen molar-refractivity contribution in [2.24, 2.45) is 0 Å². The Morgan fingerprint density at radius 1 is 1.30 bits per heavy atom. The molecule has 2 atom stereocenters. The van der Waals surface area contributed by atoms with Gasteiger partial charge in [0.15, 0.2) is 6.54 Å². The summed E-state index contributed by atoms with van der Waals surface area (Å²) in [5.41, 5.74) is 1.04. The molecule has 3 rings (SSSR count). The van der Waals surface area contributed by atoms with Crippen LogP contribution in [0.3, 0.4) is 0 Å². The van der Waals surface area contributed by atoms with Gasteiger partial charge in [-0.05, 0) is 30.5 Å². The van der Waals surface area contributed by atoms with Gasteiger partial charge in [-0.3, -0.25) is 4.79 Å². The second kappa shape index (κ2) is 7.21. The maximum absolute atomic E-state index is 12.2. The summed E-state index contributed by atoms with van der Waals surface area (Å²) < 4.78 is 1.20. The summed E-state index contributed by atoms with van der Waals surface area (Å²) in [6, 6.07) is 12.3. The molecule has 0 fully saturated rings. The summed E-state index contributed by atoms with van der Waals surface area (Å²) >= 11 is 3.37. The van der Waals surface area contributed by atoms with Gasteiger partial charge in [0.2, 0.25) is 0 Å². The Hall–Kier alpha value is -1.76. The van der Waals surface area contributed by atoms with E-state index in [1.165, 1.54) is 9.58 Å². The van der Waals surface area contributed by atoms with Gasteiger partial charge in [-0.1, -0.05) is 18.2 Å². The molecule has 120 valence electrons. The van der Waals surface area contributed by atoms with E-state index in [9.17, 15) is 4.79 Å². The number of nitrogens with one attached hydrogen (secondary N) is 2. The zero-order valence-electron chi connectivity index (χ0n) is 13.2. The molecule has 0 aliphatic carbocycles. The molecular weight excluding hydrogens is 326 g/mol. The third-order valence-electron chi connectivity index (χ3n) is 3.60. The number of para-hydroxylation sites is 1. The lowest BCUT2D eigenvalue weighted by atomic mass is 10.3. The smallest absolute Gasteiger partial charge is 0.275 e. The van der Waals surface area contributed by atoms with Crippen LogP contribution in [0, 0.1) is 0 Å². The number of thiophene rings is 1. The molecule has 4 nitrogen and oxygen atoms in total. The van der Waals surface area contributed by atoms with Gasteiger partial charge in [0.05, 0.1) is 23.3 Å². The van der Waals surface area contributed by atoms with Crippen LogP contribution in [0.4, 0.5) is 0 Å². The van der Waals surface area contributed by atoms with Crippen LogP contribution < -0.4 is 10.2 Å². The molecule has 3 aromatic rings. The van der Waals surface area contributed by atoms with Crippen molar-refractivity contribution in [1.29, 1.82) is 0 Å². The van der Waals surface area contributed by atoms with Gasteiger partial charge in [0.25, 0.3) is 5.91 Å². The molecule has 0 saturated carbocycles. The molecule has 1 unspecified atom stereocenters. The first kappa shape index (κ1) is 16.1. The van der Waals surface area contributed by atoms with Crippen LogP contribution in [-0.4, -0.2) is 24.5 Å². The Labute approximate surface area is 143 Å². The SMILES string of the molecule is C[C@H](NC(=O)C[NH+](C)Cc1nc2ccccc2s1)c1cccs1. The van der Waals surface area contributed by atoms with E-state index in [1.54, 1.807) is 22.7 Å². The van der Waals surface area contributed by atoms with Gasteiger partial charge in [-0.25, -0.2) is 4.98 Å². The Balaban J connectivity index is 1.54. The molecular formula is C17H20N3OS2+. The van der Waals surface area contributed by atoms with E-state index >= 15 is 0 Å². The zero-order chi connectivity index (χ0) is 16.2. The number of rotatable bonds is 6. The van der Waals surface area contributed by atoms with Gasteiger partial charge >= 0.3 is 0 Å². The Morgan fingerprint density at radius 2 is 2.13 bits per heavy atom. The molecule has 0 spiro atoms. The maximum atomic E-state index is 12.2. The van der Waals surface area contributed by atoms with Crippen LogP contribution in [-0.2, 0) is 11.3 Å². The summed E-state index contributed by atoms with van der Waals surface area (Å²) in [7, 11) is 2.03. The minimum Gasteiger partial charge on any atom is -0.344 e. The first-order valence-electron chi connectivity index (χ1n) is 7.60. The van der Waals surface area contributed by atoms with E-state index < -0.39 is 0 Å². The molecule has 1 amide bonds. The fourth-order valence-corrected chi connectivity index (χ4v) is 4.31. The highest BCUT2D eigenvalue weighted by atomic mass is 32.1. The van der Waals surface area contributed by atoms with Crippen LogP contribution in [0.25, 0.3) is 10.2 Å². The van der Waals surface area contributed by atoms with Crippen LogP contribution in [0.1, 0.15) is 22.9 Å². The van der Waals surface area contributed by atoms with Gasteiger partial charge < -0.3 is 10.2 Å². The number of carbonyl (C=O) groups excluding carboxylic acids is 1. The van der Waals surface area contributed by atoms with Crippen molar-refractivity contribution in [1.82, 2.24) is 10.3 Å². The van der Waals surface area contributed by atoms with Gasteiger partial charge in [0, 0.05) is 4.88 Å². The molecule has 0 bridgehead atoms. The summed E-state index contributed by atoms with van der Waals surface area (Å²) in [6.45, 7) is 3.23. The summed E-state index contributed by atoms with van der Waals surface area (Å²) in [4.78, 5) is 19.1. The molecule has 6 heteroatoms. The highest BCUT2D eigenvalue weighted by Gasteiger charge is 2.16. The number of hydrogen-bond donors (Lipinski definition) is 2. The third kappa shape index (κ3) is 4.16. The van der Waals surface area contributed by atoms with E-state index in [0.29, 0.717) is 6.54 Å². The number of hydrogen-bond acceptors (Lipinski definition) is 4. The first-order valence-corrected chi connectivity index (χ1v) is 9.30. The van der Waals surface area contributed by atoms with E-state index in [1.807, 2.05) is 49.7 Å². The van der Waals surface area contributed by atoms with E-state index in [0.717, 1.165) is 22.0 Å². The van der Waals surface area contributed by atoms with Crippen LogP contribution >= 0.6 is 22.7 Å². The minimum atomic E-state index is 0.0674. The van der Waals surface area contributed by atoms with Gasteiger partial charge in [-0.2, -0.15) is 0 Å². The number of carbonyl (C=O) groups is 1. The normalized spacial score (nSPS) is 13.8. The lowest BCUT2D eigenvalue weighted by Crippen LogP contribution is -3.08. The zero-order valence-corrected chi connectivity index (χ0v) is 14.8. The van der Waals surface area contributed by atoms with Crippen molar-refractivity contribution < 1.29 is 9.69 Å². The van der Waals surface area contributed by atoms with Crippen LogP contribution in [0.5, 0.6) is 0 Å². The maximum Gasteiger partial charge on any atom is 0.275 e. The number of fused-ring (bicyclic) bond motifs is 1. The quantitative estimate of drug-likeness (QED) is 0.719. The molecule has 2 heterocycles. The second-order valence-electron chi connectivity index (χ2n) is 5.69. The average Bonchev–Trinajstić information content (AvgIpc) is 3.15. The van der Waals surface area contributed by atoms with Crippen LogP contribution in [0.2, 0.25) is 0 Å². The fraction of sp³-hybridized carbons (Fsp3) is 0.294. The van der Waals surface area contributed by atoms with E-state index in [4.69, 9.17) is 0 Å². The molecule has 2 aromatic heterocycles. The van der Waals surface area contributed by atoms with E-state index in [2.05, 4.69) is 16.4 Å². The number of likely N-dealkylation sites (N-methyl/N-ethyl adjacent to an activating group) is 1. The van der Waals surface area contributed by atoms with Crippen molar-refractivity contribution in [2.45, 2.75) is 19.5 Å². The molecule has 1 aromatic carbocycles. The molecule has 0 aliphatic rings. The highest BCUT2D eigenvalue weighted by Crippen LogP contribution is 2.20. The molecule has 0 aliphatic heterocycles. The van der Waals surface area contributed by atoms with Crippen molar-refractivity contribution in [2.75, 3.05) is 13.6 Å². The number of thiazole rings is 1. The number of amides is 1. The van der Waals surface area contributed by atoms with Crippen molar-refractivity contribution in [3.05, 3.63) is 51.7 Å². The Morgan fingerprint density at radius 3 is 2.87 bits per heavy atom. The number of aromatic nitrogens is 1. The van der Waals surface area contributed by atoms with Crippen molar-refractivity contribution in [3.63, 3.8) is 0 Å². The van der Waals surface area contributed by atoms with Crippen molar-refractivity contribution in [3.8, 4) is 0 Å². The first-order chi connectivity index (χ1) is 11.1. The van der Waals surface area contributed by atoms with Gasteiger partial charge in [0.1, 0.15) is 11.6 Å². The number of quaternary nitrogens is 1. The van der Waals surface area contributed by atoms with Crippen molar-refractivity contribution >= 4 is 38.8 Å². The number of benzene rings is 1. The fourth-order valence-electron chi connectivity index (χ4n) is 2.49. The lowest BCUT2D eigenvalue weighted by molar-refractivity contribution is -0.885. The predicted molar refractivity (Wildman–Crippen MR) is 96.0 cm³/mol. The molecule has 23 heavy (non-hydrogen) atoms. The van der Waals surface area contributed by atoms with Gasteiger partial charge in [-0.15, -0.1) is 22.7 Å². The molecule has 0 saturated heterocycles. The Bertz CT molecular complexity index is 749. The summed E-state index contributed by atoms with van der Waals surface area (Å²) in [5.74, 6) is 0.0736. The molecule has 0 radical (unpaired) electrons.